The Morgan fingerprint density at radius 1 is 1.14 bits per heavy atom. The van der Waals surface area contributed by atoms with Crippen LogP contribution in [0.2, 0.25) is 5.02 Å². The number of para-hydroxylation sites is 1. The molecule has 0 radical (unpaired) electrons. The quantitative estimate of drug-likeness (QED) is 0.225. The van der Waals surface area contributed by atoms with Crippen LogP contribution in [-0.4, -0.2) is 52.0 Å². The van der Waals surface area contributed by atoms with E-state index in [4.69, 9.17) is 30.8 Å². The molecule has 3 aliphatic rings. The predicted molar refractivity (Wildman–Crippen MR) is 164 cm³/mol. The fourth-order valence-corrected chi connectivity index (χ4v) is 6.69. The van der Waals surface area contributed by atoms with Crippen LogP contribution in [0.3, 0.4) is 0 Å². The molecule has 0 amide bonds. The smallest absolute Gasteiger partial charge is 0.168 e. The normalized spacial score (nSPS) is 22.4. The summed E-state index contributed by atoms with van der Waals surface area (Å²) in [6, 6.07) is 16.4. The number of nitrogens with zero attached hydrogens (tertiary/aromatic N) is 3. The van der Waals surface area contributed by atoms with Crippen molar-refractivity contribution in [2.24, 2.45) is 0 Å². The number of piperidine rings is 1. The van der Waals surface area contributed by atoms with Gasteiger partial charge in [-0.05, 0) is 81.6 Å². The van der Waals surface area contributed by atoms with Crippen LogP contribution in [0.1, 0.15) is 54.6 Å². The van der Waals surface area contributed by atoms with E-state index < -0.39 is 11.4 Å². The Labute approximate surface area is 255 Å². The maximum Gasteiger partial charge on any atom is 0.168 e. The van der Waals surface area contributed by atoms with E-state index in [1.807, 2.05) is 37.3 Å². The Morgan fingerprint density at radius 3 is 2.67 bits per heavy atom. The highest BCUT2D eigenvalue weighted by Gasteiger charge is 2.39. The maximum atomic E-state index is 14.8. The van der Waals surface area contributed by atoms with Crippen molar-refractivity contribution in [1.82, 2.24) is 14.5 Å². The number of likely N-dealkylation sites (tertiary alicyclic amines) is 1. The van der Waals surface area contributed by atoms with Gasteiger partial charge in [-0.3, -0.25) is 4.90 Å². The van der Waals surface area contributed by atoms with Crippen molar-refractivity contribution in [2.75, 3.05) is 26.3 Å². The summed E-state index contributed by atoms with van der Waals surface area (Å²) in [5.41, 5.74) is 3.21. The van der Waals surface area contributed by atoms with Gasteiger partial charge in [0.1, 0.15) is 24.0 Å². The fourth-order valence-electron chi connectivity index (χ4n) is 6.53. The lowest BCUT2D eigenvalue weighted by atomic mass is 9.87. The summed E-state index contributed by atoms with van der Waals surface area (Å²) in [6.45, 7) is 9.87. The van der Waals surface area contributed by atoms with E-state index in [-0.39, 0.29) is 18.5 Å². The van der Waals surface area contributed by atoms with Crippen LogP contribution >= 0.6 is 11.6 Å². The minimum Gasteiger partial charge on any atom is -0.508 e. The summed E-state index contributed by atoms with van der Waals surface area (Å²) in [7, 11) is 0. The Hall–Kier alpha value is -3.59. The van der Waals surface area contributed by atoms with Crippen LogP contribution in [0.5, 0.6) is 11.5 Å². The number of rotatable bonds is 7. The molecule has 0 aliphatic carbocycles. The molecule has 7 rings (SSSR count). The minimum atomic E-state index is -0.954. The number of hydrogen-bond acceptors (Lipinski definition) is 6. The van der Waals surface area contributed by atoms with Crippen LogP contribution < -0.4 is 9.47 Å². The molecule has 3 aliphatic heterocycles. The average molecular weight is 604 g/mol. The number of imidazole rings is 1. The zero-order valence-corrected chi connectivity index (χ0v) is 24.9. The van der Waals surface area contributed by atoms with Gasteiger partial charge in [0, 0.05) is 28.3 Å². The van der Waals surface area contributed by atoms with E-state index in [0.717, 1.165) is 80.2 Å². The van der Waals surface area contributed by atoms with E-state index in [0.29, 0.717) is 27.8 Å². The van der Waals surface area contributed by atoms with Crippen molar-refractivity contribution in [3.8, 4) is 11.5 Å². The van der Waals surface area contributed by atoms with E-state index in [1.165, 1.54) is 6.07 Å². The molecule has 9 heteroatoms. The lowest BCUT2D eigenvalue weighted by molar-refractivity contribution is -0.0592. The number of ether oxygens (including phenoxy) is 3. The van der Waals surface area contributed by atoms with Crippen molar-refractivity contribution in [3.63, 3.8) is 0 Å². The first-order valence-corrected chi connectivity index (χ1v) is 15.3. The van der Waals surface area contributed by atoms with Crippen LogP contribution in [0.15, 0.2) is 61.2 Å². The first kappa shape index (κ1) is 28.2. The number of aromatic nitrogens is 2. The summed E-state index contributed by atoms with van der Waals surface area (Å²) in [5, 5.41) is 10.3. The molecule has 1 aromatic heterocycles. The van der Waals surface area contributed by atoms with Gasteiger partial charge in [-0.2, -0.15) is 0 Å². The Balaban J connectivity index is 1.07. The van der Waals surface area contributed by atoms with Gasteiger partial charge < -0.3 is 23.9 Å². The van der Waals surface area contributed by atoms with Crippen molar-refractivity contribution in [1.29, 1.82) is 0 Å². The molecule has 1 N–H and O–H groups in total. The number of aliphatic hydroxyl groups excluding tert-OH is 1. The van der Waals surface area contributed by atoms with Gasteiger partial charge in [0.15, 0.2) is 17.1 Å². The van der Waals surface area contributed by atoms with Gasteiger partial charge in [-0.25, -0.2) is 9.37 Å². The third-order valence-corrected chi connectivity index (χ3v) is 9.31. The molecular formula is C34H35ClFN3O4. The largest absolute Gasteiger partial charge is 0.508 e. The summed E-state index contributed by atoms with van der Waals surface area (Å²) in [6.07, 6.45) is 3.18. The van der Waals surface area contributed by atoms with Gasteiger partial charge in [0.05, 0.1) is 30.2 Å². The fraction of sp³-hybridized carbons (Fsp3) is 0.382. The van der Waals surface area contributed by atoms with Crippen LogP contribution in [0, 0.1) is 5.82 Å². The van der Waals surface area contributed by atoms with E-state index >= 15 is 0 Å². The zero-order chi connectivity index (χ0) is 29.7. The van der Waals surface area contributed by atoms with Crippen LogP contribution in [-0.2, 0) is 23.4 Å². The van der Waals surface area contributed by atoms with Crippen molar-refractivity contribution < 1.29 is 23.7 Å². The van der Waals surface area contributed by atoms with E-state index in [9.17, 15) is 9.50 Å². The lowest BCUT2D eigenvalue weighted by Gasteiger charge is -2.38. The predicted octanol–water partition coefficient (Wildman–Crippen LogP) is 7.21. The van der Waals surface area contributed by atoms with Crippen molar-refractivity contribution in [2.45, 2.75) is 56.9 Å². The molecule has 0 spiro atoms. The summed E-state index contributed by atoms with van der Waals surface area (Å²) >= 11 is 5.98. The van der Waals surface area contributed by atoms with Crippen LogP contribution in [0.4, 0.5) is 4.39 Å². The molecule has 224 valence electrons. The second-order valence-corrected chi connectivity index (χ2v) is 12.5. The molecule has 2 atom stereocenters. The van der Waals surface area contributed by atoms with Gasteiger partial charge >= 0.3 is 0 Å². The standard InChI is InChI=1S/C34H35ClFN3O4/c1-21(40)23-6-9-29-30(16-23)39(18-25-12-15-41-25)32(37-29)19-38-13-10-22(11-14-38)26-4-3-5-31-33(26)42-20-34(2,43-31)27-8-7-24(35)17-28(27)36/h3-9,16-17,22,25,40H,1,10-15,18-20H2,2H3/t25-,34-/m0/s1. The second-order valence-electron chi connectivity index (χ2n) is 12.0. The van der Waals surface area contributed by atoms with Gasteiger partial charge in [0.25, 0.3) is 0 Å². The van der Waals surface area contributed by atoms with Crippen molar-refractivity contribution >= 4 is 28.4 Å². The highest BCUT2D eigenvalue weighted by atomic mass is 35.5. The lowest BCUT2D eigenvalue weighted by Crippen LogP contribution is -2.40. The first-order valence-electron chi connectivity index (χ1n) is 14.9. The second kappa shape index (κ2) is 11.2. The third-order valence-electron chi connectivity index (χ3n) is 9.07. The van der Waals surface area contributed by atoms with Gasteiger partial charge in [-0.1, -0.05) is 36.4 Å². The molecule has 3 aromatic carbocycles. The van der Waals surface area contributed by atoms with E-state index in [1.54, 1.807) is 12.1 Å². The highest BCUT2D eigenvalue weighted by Crippen LogP contribution is 2.46. The average Bonchev–Trinajstić information content (AvgIpc) is 3.30. The summed E-state index contributed by atoms with van der Waals surface area (Å²) in [4.78, 5) is 7.44. The molecule has 0 saturated carbocycles. The molecule has 4 heterocycles. The number of fused-ring (bicyclic) bond motifs is 2. The molecule has 4 aromatic rings. The monoisotopic (exact) mass is 603 g/mol. The molecule has 7 nitrogen and oxygen atoms in total. The van der Waals surface area contributed by atoms with Crippen molar-refractivity contribution in [3.05, 3.63) is 94.5 Å². The van der Waals surface area contributed by atoms with Crippen LogP contribution in [0.25, 0.3) is 16.8 Å². The zero-order valence-electron chi connectivity index (χ0n) is 24.2. The molecule has 0 unspecified atom stereocenters. The first-order chi connectivity index (χ1) is 20.8. The SMILES string of the molecule is C=C(O)c1ccc2nc(CN3CCC(c4cccc5c4OC[C@@](C)(c4ccc(Cl)cc4F)O5)CC3)n(C[C@@H]3CCO3)c2c1. The van der Waals surface area contributed by atoms with Gasteiger partial charge in [-0.15, -0.1) is 0 Å². The maximum absolute atomic E-state index is 14.8. The van der Waals surface area contributed by atoms with Gasteiger partial charge in [0.2, 0.25) is 0 Å². The molecular weight excluding hydrogens is 569 g/mol. The summed E-state index contributed by atoms with van der Waals surface area (Å²) < 4.78 is 35.5. The molecule has 43 heavy (non-hydrogen) atoms. The highest BCUT2D eigenvalue weighted by molar-refractivity contribution is 6.30. The minimum absolute atomic E-state index is 0.0532. The number of hydrogen-bond donors (Lipinski definition) is 1. The Morgan fingerprint density at radius 2 is 1.95 bits per heavy atom. The summed E-state index contributed by atoms with van der Waals surface area (Å²) in [5.74, 6) is 2.38. The molecule has 2 saturated heterocycles. The Kier molecular flexibility index (Phi) is 7.32. The number of aliphatic hydroxyl groups is 1. The Bertz CT molecular complexity index is 1690. The number of benzene rings is 3. The topological polar surface area (TPSA) is 69.0 Å². The van der Waals surface area contributed by atoms with E-state index in [2.05, 4.69) is 22.1 Å². The molecule has 0 bridgehead atoms. The molecule has 2 fully saturated rings. The number of halogens is 2. The third kappa shape index (κ3) is 5.37.